The molecule has 0 fully saturated rings. The number of nitrogens with one attached hydrogen (secondary N) is 1. The van der Waals surface area contributed by atoms with Crippen LogP contribution in [-0.2, 0) is 12.7 Å². The van der Waals surface area contributed by atoms with Gasteiger partial charge in [0.2, 0.25) is 0 Å². The largest absolute Gasteiger partial charge is 0.416 e. The molecule has 2 aromatic rings. The van der Waals surface area contributed by atoms with E-state index in [9.17, 15) is 13.2 Å². The monoisotopic (exact) mass is 363 g/mol. The van der Waals surface area contributed by atoms with Crippen LogP contribution in [-0.4, -0.2) is 0 Å². The molecule has 2 rings (SSSR count). The molecule has 0 aliphatic rings. The van der Waals surface area contributed by atoms with Gasteiger partial charge in [-0.05, 0) is 52.0 Å². The summed E-state index contributed by atoms with van der Waals surface area (Å²) >= 11 is 5.08. The Labute approximate surface area is 128 Å². The van der Waals surface area contributed by atoms with Gasteiger partial charge in [-0.15, -0.1) is 11.3 Å². The Bertz CT molecular complexity index is 563. The molecule has 0 saturated carbocycles. The topological polar surface area (TPSA) is 12.0 Å². The van der Waals surface area contributed by atoms with Crippen LogP contribution in [0, 0.1) is 0 Å². The Morgan fingerprint density at radius 1 is 1.20 bits per heavy atom. The average Bonchev–Trinajstić information content (AvgIpc) is 2.81. The SMILES string of the molecule is CC(NCc1sccc1Br)c1ccc(C(F)(F)F)cc1. The van der Waals surface area contributed by atoms with E-state index in [1.807, 2.05) is 18.4 Å². The average molecular weight is 364 g/mol. The van der Waals surface area contributed by atoms with Gasteiger partial charge in [0.25, 0.3) is 0 Å². The van der Waals surface area contributed by atoms with Crippen LogP contribution in [0.4, 0.5) is 13.2 Å². The summed E-state index contributed by atoms with van der Waals surface area (Å²) in [6.45, 7) is 2.62. The summed E-state index contributed by atoms with van der Waals surface area (Å²) < 4.78 is 38.5. The number of halogens is 4. The predicted octanol–water partition coefficient (Wildman–Crippen LogP) is 5.38. The fourth-order valence-corrected chi connectivity index (χ4v) is 3.22. The molecular weight excluding hydrogens is 351 g/mol. The molecule has 0 bridgehead atoms. The Balaban J connectivity index is 1.99. The highest BCUT2D eigenvalue weighted by Gasteiger charge is 2.30. The number of benzene rings is 1. The molecule has 108 valence electrons. The van der Waals surface area contributed by atoms with Gasteiger partial charge in [-0.3, -0.25) is 0 Å². The van der Waals surface area contributed by atoms with Crippen molar-refractivity contribution >= 4 is 27.3 Å². The van der Waals surface area contributed by atoms with E-state index in [0.29, 0.717) is 6.54 Å². The minimum absolute atomic E-state index is 0.00807. The summed E-state index contributed by atoms with van der Waals surface area (Å²) in [6.07, 6.45) is -4.28. The van der Waals surface area contributed by atoms with Gasteiger partial charge in [-0.1, -0.05) is 12.1 Å². The molecule has 1 atom stereocenters. The summed E-state index contributed by atoms with van der Waals surface area (Å²) in [5.41, 5.74) is 0.222. The summed E-state index contributed by atoms with van der Waals surface area (Å²) in [7, 11) is 0. The van der Waals surface area contributed by atoms with Crippen molar-refractivity contribution in [2.24, 2.45) is 0 Å². The van der Waals surface area contributed by atoms with E-state index in [0.717, 1.165) is 22.2 Å². The van der Waals surface area contributed by atoms with Crippen molar-refractivity contribution in [3.05, 3.63) is 56.2 Å². The zero-order valence-electron chi connectivity index (χ0n) is 10.7. The molecule has 20 heavy (non-hydrogen) atoms. The molecule has 1 heterocycles. The maximum absolute atomic E-state index is 12.5. The highest BCUT2D eigenvalue weighted by Crippen LogP contribution is 2.30. The predicted molar refractivity (Wildman–Crippen MR) is 78.7 cm³/mol. The zero-order chi connectivity index (χ0) is 14.8. The fraction of sp³-hybridized carbons (Fsp3) is 0.286. The van der Waals surface area contributed by atoms with Crippen molar-refractivity contribution < 1.29 is 13.2 Å². The van der Waals surface area contributed by atoms with Gasteiger partial charge in [0, 0.05) is 21.9 Å². The lowest BCUT2D eigenvalue weighted by molar-refractivity contribution is -0.137. The molecule has 1 aromatic heterocycles. The van der Waals surface area contributed by atoms with Gasteiger partial charge in [0.1, 0.15) is 0 Å². The summed E-state index contributed by atoms with van der Waals surface area (Å²) in [6, 6.07) is 7.24. The molecule has 1 nitrogen and oxygen atoms in total. The minimum atomic E-state index is -4.28. The van der Waals surface area contributed by atoms with Crippen LogP contribution in [0.15, 0.2) is 40.2 Å². The first kappa shape index (κ1) is 15.5. The maximum Gasteiger partial charge on any atom is 0.416 e. The lowest BCUT2D eigenvalue weighted by atomic mass is 10.1. The van der Waals surface area contributed by atoms with Gasteiger partial charge in [-0.2, -0.15) is 13.2 Å². The maximum atomic E-state index is 12.5. The molecule has 0 saturated heterocycles. The molecule has 6 heteroatoms. The Hall–Kier alpha value is -0.850. The van der Waals surface area contributed by atoms with Gasteiger partial charge >= 0.3 is 6.18 Å². The fourth-order valence-electron chi connectivity index (χ4n) is 1.78. The Morgan fingerprint density at radius 3 is 2.35 bits per heavy atom. The molecule has 1 N–H and O–H groups in total. The lowest BCUT2D eigenvalue weighted by Crippen LogP contribution is -2.18. The third-order valence-corrected chi connectivity index (χ3v) is 4.92. The van der Waals surface area contributed by atoms with Crippen LogP contribution in [0.5, 0.6) is 0 Å². The molecule has 0 spiro atoms. The van der Waals surface area contributed by atoms with Gasteiger partial charge in [0.05, 0.1) is 5.56 Å². The zero-order valence-corrected chi connectivity index (χ0v) is 13.1. The van der Waals surface area contributed by atoms with Crippen molar-refractivity contribution in [3.63, 3.8) is 0 Å². The van der Waals surface area contributed by atoms with Crippen molar-refractivity contribution in [1.82, 2.24) is 5.32 Å². The van der Waals surface area contributed by atoms with Crippen LogP contribution >= 0.6 is 27.3 Å². The number of hydrogen-bond donors (Lipinski definition) is 1. The van der Waals surface area contributed by atoms with E-state index >= 15 is 0 Å². The van der Waals surface area contributed by atoms with E-state index in [1.165, 1.54) is 17.0 Å². The number of hydrogen-bond acceptors (Lipinski definition) is 2. The Kier molecular flexibility index (Phi) is 4.88. The van der Waals surface area contributed by atoms with Crippen LogP contribution in [0.3, 0.4) is 0 Å². The normalized spacial score (nSPS) is 13.4. The highest BCUT2D eigenvalue weighted by molar-refractivity contribution is 9.10. The molecule has 0 amide bonds. The van der Waals surface area contributed by atoms with E-state index in [1.54, 1.807) is 11.3 Å². The van der Waals surface area contributed by atoms with E-state index in [2.05, 4.69) is 21.2 Å². The van der Waals surface area contributed by atoms with Crippen molar-refractivity contribution in [2.45, 2.75) is 25.7 Å². The first-order valence-corrected chi connectivity index (χ1v) is 7.67. The first-order valence-electron chi connectivity index (χ1n) is 6.00. The third kappa shape index (κ3) is 3.84. The van der Waals surface area contributed by atoms with E-state index in [4.69, 9.17) is 0 Å². The summed E-state index contributed by atoms with van der Waals surface area (Å²) in [5.74, 6) is 0. The van der Waals surface area contributed by atoms with Crippen LogP contribution < -0.4 is 5.32 Å². The Morgan fingerprint density at radius 2 is 1.85 bits per heavy atom. The van der Waals surface area contributed by atoms with E-state index < -0.39 is 11.7 Å². The molecule has 1 aromatic carbocycles. The molecule has 0 aliphatic heterocycles. The molecule has 1 unspecified atom stereocenters. The number of alkyl halides is 3. The third-order valence-electron chi connectivity index (χ3n) is 3.00. The van der Waals surface area contributed by atoms with Gasteiger partial charge in [-0.25, -0.2) is 0 Å². The highest BCUT2D eigenvalue weighted by atomic mass is 79.9. The van der Waals surface area contributed by atoms with Gasteiger partial charge < -0.3 is 5.32 Å². The second-order valence-corrected chi connectivity index (χ2v) is 6.27. The standard InChI is InChI=1S/C14H13BrF3NS/c1-9(19-8-13-12(15)6-7-20-13)10-2-4-11(5-3-10)14(16,17)18/h2-7,9,19H,8H2,1H3. The molecular formula is C14H13BrF3NS. The minimum Gasteiger partial charge on any atom is -0.305 e. The van der Waals surface area contributed by atoms with E-state index in [-0.39, 0.29) is 6.04 Å². The van der Waals surface area contributed by atoms with Crippen LogP contribution in [0.1, 0.15) is 29.0 Å². The smallest absolute Gasteiger partial charge is 0.305 e. The van der Waals surface area contributed by atoms with Crippen LogP contribution in [0.25, 0.3) is 0 Å². The lowest BCUT2D eigenvalue weighted by Gasteiger charge is -2.15. The second kappa shape index (κ2) is 6.28. The molecule has 0 aliphatic carbocycles. The number of thiophene rings is 1. The second-order valence-electron chi connectivity index (χ2n) is 4.41. The molecule has 0 radical (unpaired) electrons. The van der Waals surface area contributed by atoms with Crippen molar-refractivity contribution in [1.29, 1.82) is 0 Å². The quantitative estimate of drug-likeness (QED) is 0.768. The first-order chi connectivity index (χ1) is 9.38. The summed E-state index contributed by atoms with van der Waals surface area (Å²) in [4.78, 5) is 1.17. The van der Waals surface area contributed by atoms with Crippen molar-refractivity contribution in [2.75, 3.05) is 0 Å². The van der Waals surface area contributed by atoms with Gasteiger partial charge in [0.15, 0.2) is 0 Å². The number of rotatable bonds is 4. The van der Waals surface area contributed by atoms with Crippen molar-refractivity contribution in [3.8, 4) is 0 Å². The van der Waals surface area contributed by atoms with Crippen LogP contribution in [0.2, 0.25) is 0 Å². The summed E-state index contributed by atoms with van der Waals surface area (Å²) in [5, 5.41) is 5.29.